The van der Waals surface area contributed by atoms with Crippen LogP contribution in [0.4, 0.5) is 0 Å². The van der Waals surface area contributed by atoms with Gasteiger partial charge >= 0.3 is 5.97 Å². The molecule has 1 saturated heterocycles. The molecule has 1 spiro atoms. The topological polar surface area (TPSA) is 38.8 Å². The molecular weight excluding hydrogens is 180 g/mol. The third-order valence-corrected chi connectivity index (χ3v) is 3.51. The van der Waals surface area contributed by atoms with Crippen molar-refractivity contribution in [3.63, 3.8) is 0 Å². The van der Waals surface area contributed by atoms with Gasteiger partial charge in [-0.15, -0.1) is 0 Å². The molecule has 0 aromatic carbocycles. The SMILES string of the molecule is CCOC(=O)[C@@H]1O[C@@]12CCCC[C@H]2C. The van der Waals surface area contributed by atoms with Gasteiger partial charge in [-0.2, -0.15) is 0 Å². The summed E-state index contributed by atoms with van der Waals surface area (Å²) in [5, 5.41) is 0. The van der Waals surface area contributed by atoms with Crippen molar-refractivity contribution in [2.45, 2.75) is 51.2 Å². The van der Waals surface area contributed by atoms with Gasteiger partial charge in [0.05, 0.1) is 6.61 Å². The first kappa shape index (κ1) is 9.97. The van der Waals surface area contributed by atoms with Gasteiger partial charge in [-0.05, 0) is 25.7 Å². The van der Waals surface area contributed by atoms with Crippen LogP contribution in [0.1, 0.15) is 39.5 Å². The summed E-state index contributed by atoms with van der Waals surface area (Å²) < 4.78 is 10.6. The zero-order valence-corrected chi connectivity index (χ0v) is 8.91. The van der Waals surface area contributed by atoms with Gasteiger partial charge in [0.2, 0.25) is 0 Å². The minimum atomic E-state index is -0.266. The molecule has 0 N–H and O–H groups in total. The van der Waals surface area contributed by atoms with E-state index in [-0.39, 0.29) is 17.7 Å². The minimum Gasteiger partial charge on any atom is -0.464 e. The van der Waals surface area contributed by atoms with E-state index in [4.69, 9.17) is 9.47 Å². The molecule has 0 radical (unpaired) electrons. The Hall–Kier alpha value is -0.570. The molecule has 0 aromatic rings. The molecule has 0 bridgehead atoms. The second-order valence-corrected chi connectivity index (χ2v) is 4.35. The second-order valence-electron chi connectivity index (χ2n) is 4.35. The smallest absolute Gasteiger partial charge is 0.338 e. The summed E-state index contributed by atoms with van der Waals surface area (Å²) in [5.74, 6) is 0.340. The van der Waals surface area contributed by atoms with Crippen LogP contribution in [0.25, 0.3) is 0 Å². The van der Waals surface area contributed by atoms with Crippen LogP contribution < -0.4 is 0 Å². The summed E-state index contributed by atoms with van der Waals surface area (Å²) in [7, 11) is 0. The monoisotopic (exact) mass is 198 g/mol. The van der Waals surface area contributed by atoms with Crippen LogP contribution >= 0.6 is 0 Å². The van der Waals surface area contributed by atoms with Gasteiger partial charge < -0.3 is 9.47 Å². The molecule has 2 fully saturated rings. The number of carbonyl (C=O) groups excluding carboxylic acids is 1. The number of rotatable bonds is 2. The van der Waals surface area contributed by atoms with Crippen molar-refractivity contribution in [1.29, 1.82) is 0 Å². The van der Waals surface area contributed by atoms with Crippen LogP contribution in [0.2, 0.25) is 0 Å². The molecular formula is C11H18O3. The molecule has 0 aromatic heterocycles. The van der Waals surface area contributed by atoms with Gasteiger partial charge in [-0.1, -0.05) is 19.8 Å². The van der Waals surface area contributed by atoms with Crippen LogP contribution in [-0.2, 0) is 14.3 Å². The fourth-order valence-corrected chi connectivity index (χ4v) is 2.56. The maximum atomic E-state index is 11.5. The first-order valence-corrected chi connectivity index (χ1v) is 5.55. The van der Waals surface area contributed by atoms with E-state index in [2.05, 4.69) is 6.92 Å². The van der Waals surface area contributed by atoms with E-state index < -0.39 is 0 Å². The van der Waals surface area contributed by atoms with Gasteiger partial charge in [-0.25, -0.2) is 4.79 Å². The van der Waals surface area contributed by atoms with Crippen molar-refractivity contribution in [2.75, 3.05) is 6.61 Å². The van der Waals surface area contributed by atoms with E-state index in [1.807, 2.05) is 6.92 Å². The lowest BCUT2D eigenvalue weighted by atomic mass is 9.78. The Bertz CT molecular complexity index is 239. The van der Waals surface area contributed by atoms with Gasteiger partial charge in [-0.3, -0.25) is 0 Å². The highest BCUT2D eigenvalue weighted by molar-refractivity contribution is 5.79. The molecule has 3 atom stereocenters. The summed E-state index contributed by atoms with van der Waals surface area (Å²) in [6.07, 6.45) is 4.38. The average molecular weight is 198 g/mol. The molecule has 1 saturated carbocycles. The molecule has 0 unspecified atom stereocenters. The second kappa shape index (κ2) is 3.54. The molecule has 14 heavy (non-hydrogen) atoms. The van der Waals surface area contributed by atoms with Gasteiger partial charge in [0.15, 0.2) is 6.10 Å². The van der Waals surface area contributed by atoms with E-state index in [9.17, 15) is 4.79 Å². The van der Waals surface area contributed by atoms with E-state index in [1.54, 1.807) is 0 Å². The Balaban J connectivity index is 1.97. The lowest BCUT2D eigenvalue weighted by Gasteiger charge is -2.25. The van der Waals surface area contributed by atoms with Crippen LogP contribution in [-0.4, -0.2) is 24.3 Å². The maximum Gasteiger partial charge on any atom is 0.338 e. The Labute approximate surface area is 84.8 Å². The van der Waals surface area contributed by atoms with Crippen LogP contribution in [0.15, 0.2) is 0 Å². The summed E-state index contributed by atoms with van der Waals surface area (Å²) in [6.45, 7) is 4.46. The quantitative estimate of drug-likeness (QED) is 0.502. The van der Waals surface area contributed by atoms with E-state index in [0.29, 0.717) is 12.5 Å². The highest BCUT2D eigenvalue weighted by atomic mass is 16.7. The molecule has 80 valence electrons. The number of ether oxygens (including phenoxy) is 2. The van der Waals surface area contributed by atoms with Crippen molar-refractivity contribution in [3.8, 4) is 0 Å². The number of epoxide rings is 1. The highest BCUT2D eigenvalue weighted by Crippen LogP contribution is 2.51. The Morgan fingerprint density at radius 3 is 3.00 bits per heavy atom. The Kier molecular flexibility index (Phi) is 2.52. The lowest BCUT2D eigenvalue weighted by Crippen LogP contribution is -2.32. The predicted octanol–water partition coefficient (Wildman–Crippen LogP) is 1.90. The minimum absolute atomic E-state index is 0.148. The molecule has 3 heteroatoms. The van der Waals surface area contributed by atoms with E-state index in [0.717, 1.165) is 6.42 Å². The lowest BCUT2D eigenvalue weighted by molar-refractivity contribution is -0.144. The molecule has 1 aliphatic carbocycles. The normalized spacial score (nSPS) is 41.0. The average Bonchev–Trinajstić information content (AvgIpc) is 2.87. The van der Waals surface area contributed by atoms with Crippen LogP contribution in [0.5, 0.6) is 0 Å². The van der Waals surface area contributed by atoms with Gasteiger partial charge in [0.1, 0.15) is 5.60 Å². The molecule has 1 aliphatic heterocycles. The summed E-state index contributed by atoms with van der Waals surface area (Å²) in [5.41, 5.74) is -0.148. The summed E-state index contributed by atoms with van der Waals surface area (Å²) in [6, 6.07) is 0. The van der Waals surface area contributed by atoms with Crippen molar-refractivity contribution in [3.05, 3.63) is 0 Å². The first-order chi connectivity index (χ1) is 6.70. The number of hydrogen-bond donors (Lipinski definition) is 0. The summed E-state index contributed by atoms with van der Waals surface area (Å²) in [4.78, 5) is 11.5. The number of carbonyl (C=O) groups is 1. The molecule has 2 rings (SSSR count). The van der Waals surface area contributed by atoms with Crippen LogP contribution in [0.3, 0.4) is 0 Å². The van der Waals surface area contributed by atoms with Gasteiger partial charge in [0.25, 0.3) is 0 Å². The summed E-state index contributed by atoms with van der Waals surface area (Å²) >= 11 is 0. The van der Waals surface area contributed by atoms with E-state index in [1.165, 1.54) is 19.3 Å². The standard InChI is InChI=1S/C11H18O3/c1-3-13-10(12)9-11(14-9)7-5-4-6-8(11)2/h8-9H,3-7H2,1-2H3/t8-,9+,11-/m1/s1. The zero-order valence-electron chi connectivity index (χ0n) is 8.91. The molecule has 3 nitrogen and oxygen atoms in total. The van der Waals surface area contributed by atoms with E-state index >= 15 is 0 Å². The Morgan fingerprint density at radius 1 is 1.57 bits per heavy atom. The zero-order chi connectivity index (χ0) is 10.2. The highest BCUT2D eigenvalue weighted by Gasteiger charge is 2.64. The van der Waals surface area contributed by atoms with Crippen molar-refractivity contribution < 1.29 is 14.3 Å². The fourth-order valence-electron chi connectivity index (χ4n) is 2.56. The number of hydrogen-bond acceptors (Lipinski definition) is 3. The Morgan fingerprint density at radius 2 is 2.36 bits per heavy atom. The largest absolute Gasteiger partial charge is 0.464 e. The number of esters is 1. The third-order valence-electron chi connectivity index (χ3n) is 3.51. The van der Waals surface area contributed by atoms with Gasteiger partial charge in [0, 0.05) is 0 Å². The maximum absolute atomic E-state index is 11.5. The molecule has 0 amide bonds. The van der Waals surface area contributed by atoms with Crippen molar-refractivity contribution in [1.82, 2.24) is 0 Å². The molecule has 1 heterocycles. The first-order valence-electron chi connectivity index (χ1n) is 5.55. The molecule has 2 aliphatic rings. The fraction of sp³-hybridized carbons (Fsp3) is 0.909. The predicted molar refractivity (Wildman–Crippen MR) is 51.9 cm³/mol. The third kappa shape index (κ3) is 1.44. The van der Waals surface area contributed by atoms with Crippen LogP contribution in [0, 0.1) is 5.92 Å². The van der Waals surface area contributed by atoms with Crippen molar-refractivity contribution >= 4 is 5.97 Å². The van der Waals surface area contributed by atoms with Crippen molar-refractivity contribution in [2.24, 2.45) is 5.92 Å².